The standard InChI is InChI=1S/C18H20N6O/c1-14-2-4-15(5-3-14)18-21-17(25-22-18)13-23-8-10-24(11-9-23)16-12-19-6-7-20-16/h2-7,12H,8-11,13H2,1H3. The van der Waals surface area contributed by atoms with Crippen molar-refractivity contribution in [2.45, 2.75) is 13.5 Å². The Labute approximate surface area is 146 Å². The molecule has 0 unspecified atom stereocenters. The zero-order valence-corrected chi connectivity index (χ0v) is 14.2. The molecular formula is C18H20N6O. The van der Waals surface area contributed by atoms with Crippen LogP contribution in [0.25, 0.3) is 11.4 Å². The van der Waals surface area contributed by atoms with Crippen molar-refractivity contribution >= 4 is 5.82 Å². The fraction of sp³-hybridized carbons (Fsp3) is 0.333. The van der Waals surface area contributed by atoms with Crippen LogP contribution in [0.4, 0.5) is 5.82 Å². The molecule has 3 heterocycles. The van der Waals surface area contributed by atoms with Crippen molar-refractivity contribution < 1.29 is 4.52 Å². The molecule has 0 bridgehead atoms. The molecule has 1 aromatic carbocycles. The highest BCUT2D eigenvalue weighted by Gasteiger charge is 2.20. The first-order valence-electron chi connectivity index (χ1n) is 8.41. The van der Waals surface area contributed by atoms with Gasteiger partial charge in [0.1, 0.15) is 5.82 Å². The molecule has 7 nitrogen and oxygen atoms in total. The maximum absolute atomic E-state index is 5.42. The van der Waals surface area contributed by atoms with Crippen LogP contribution in [0.3, 0.4) is 0 Å². The molecule has 0 N–H and O–H groups in total. The molecule has 0 radical (unpaired) electrons. The zero-order chi connectivity index (χ0) is 17.1. The number of nitrogens with zero attached hydrogens (tertiary/aromatic N) is 6. The molecule has 3 aromatic rings. The van der Waals surface area contributed by atoms with Crippen molar-refractivity contribution in [2.75, 3.05) is 31.1 Å². The summed E-state index contributed by atoms with van der Waals surface area (Å²) in [6.07, 6.45) is 5.23. The van der Waals surface area contributed by atoms with E-state index in [1.54, 1.807) is 12.4 Å². The normalized spacial score (nSPS) is 15.5. The molecule has 0 amide bonds. The molecule has 128 valence electrons. The highest BCUT2D eigenvalue weighted by molar-refractivity contribution is 5.54. The lowest BCUT2D eigenvalue weighted by Gasteiger charge is -2.34. The van der Waals surface area contributed by atoms with E-state index in [0.29, 0.717) is 18.3 Å². The van der Waals surface area contributed by atoms with E-state index >= 15 is 0 Å². The highest BCUT2D eigenvalue weighted by atomic mass is 16.5. The second kappa shape index (κ2) is 6.98. The first-order valence-corrected chi connectivity index (χ1v) is 8.41. The fourth-order valence-electron chi connectivity index (χ4n) is 2.92. The van der Waals surface area contributed by atoms with Gasteiger partial charge in [-0.2, -0.15) is 4.98 Å². The van der Waals surface area contributed by atoms with Crippen LogP contribution in [-0.4, -0.2) is 51.2 Å². The van der Waals surface area contributed by atoms with Crippen LogP contribution in [0.2, 0.25) is 0 Å². The van der Waals surface area contributed by atoms with E-state index in [0.717, 1.165) is 37.6 Å². The average Bonchev–Trinajstić information content (AvgIpc) is 3.12. The lowest BCUT2D eigenvalue weighted by atomic mass is 10.1. The molecule has 2 aromatic heterocycles. The van der Waals surface area contributed by atoms with Gasteiger partial charge < -0.3 is 9.42 Å². The van der Waals surface area contributed by atoms with Crippen molar-refractivity contribution in [1.29, 1.82) is 0 Å². The van der Waals surface area contributed by atoms with Crippen LogP contribution in [0.5, 0.6) is 0 Å². The predicted octanol–water partition coefficient (Wildman–Crippen LogP) is 2.16. The Morgan fingerprint density at radius 2 is 1.84 bits per heavy atom. The van der Waals surface area contributed by atoms with E-state index in [1.807, 2.05) is 18.3 Å². The van der Waals surface area contributed by atoms with E-state index in [2.05, 4.69) is 49.0 Å². The van der Waals surface area contributed by atoms with Gasteiger partial charge in [0.05, 0.1) is 12.7 Å². The van der Waals surface area contributed by atoms with Crippen molar-refractivity contribution in [1.82, 2.24) is 25.0 Å². The summed E-state index contributed by atoms with van der Waals surface area (Å²) in [7, 11) is 0. The maximum atomic E-state index is 5.42. The monoisotopic (exact) mass is 336 g/mol. The quantitative estimate of drug-likeness (QED) is 0.723. The first kappa shape index (κ1) is 15.7. The van der Waals surface area contributed by atoms with Gasteiger partial charge in [-0.15, -0.1) is 0 Å². The van der Waals surface area contributed by atoms with Crippen LogP contribution in [0.15, 0.2) is 47.4 Å². The van der Waals surface area contributed by atoms with E-state index in [4.69, 9.17) is 4.52 Å². The summed E-state index contributed by atoms with van der Waals surface area (Å²) in [6, 6.07) is 8.14. The minimum absolute atomic E-state index is 0.646. The smallest absolute Gasteiger partial charge is 0.241 e. The summed E-state index contributed by atoms with van der Waals surface area (Å²) >= 11 is 0. The summed E-state index contributed by atoms with van der Waals surface area (Å²) in [4.78, 5) is 17.6. The Bertz CT molecular complexity index is 809. The lowest BCUT2D eigenvalue weighted by Crippen LogP contribution is -2.46. The van der Waals surface area contributed by atoms with Crippen LogP contribution in [0, 0.1) is 6.92 Å². The minimum Gasteiger partial charge on any atom is -0.353 e. The number of hydrogen-bond donors (Lipinski definition) is 0. The fourth-order valence-corrected chi connectivity index (χ4v) is 2.92. The number of rotatable bonds is 4. The Hall–Kier alpha value is -2.80. The van der Waals surface area contributed by atoms with Gasteiger partial charge in [0.15, 0.2) is 0 Å². The Kier molecular flexibility index (Phi) is 4.39. The van der Waals surface area contributed by atoms with Crippen molar-refractivity contribution in [3.05, 3.63) is 54.3 Å². The summed E-state index contributed by atoms with van der Waals surface area (Å²) in [5, 5.41) is 4.10. The molecule has 0 saturated carbocycles. The van der Waals surface area contributed by atoms with E-state index in [1.165, 1.54) is 5.56 Å². The zero-order valence-electron chi connectivity index (χ0n) is 14.2. The summed E-state index contributed by atoms with van der Waals surface area (Å²) in [6.45, 7) is 6.42. The Balaban J connectivity index is 1.35. The number of benzene rings is 1. The molecule has 1 aliphatic rings. The van der Waals surface area contributed by atoms with E-state index in [-0.39, 0.29) is 0 Å². The van der Waals surface area contributed by atoms with Gasteiger partial charge in [-0.3, -0.25) is 9.88 Å². The van der Waals surface area contributed by atoms with Gasteiger partial charge in [0.2, 0.25) is 11.7 Å². The molecule has 1 aliphatic heterocycles. The Morgan fingerprint density at radius 3 is 2.56 bits per heavy atom. The van der Waals surface area contributed by atoms with Crippen molar-refractivity contribution in [3.63, 3.8) is 0 Å². The van der Waals surface area contributed by atoms with Crippen LogP contribution < -0.4 is 4.90 Å². The highest BCUT2D eigenvalue weighted by Crippen LogP contribution is 2.18. The summed E-state index contributed by atoms with van der Waals surface area (Å²) < 4.78 is 5.42. The second-order valence-electron chi connectivity index (χ2n) is 6.20. The predicted molar refractivity (Wildman–Crippen MR) is 94.0 cm³/mol. The third-order valence-corrected chi connectivity index (χ3v) is 4.38. The van der Waals surface area contributed by atoms with Gasteiger partial charge in [0, 0.05) is 44.1 Å². The molecule has 1 saturated heterocycles. The van der Waals surface area contributed by atoms with Gasteiger partial charge >= 0.3 is 0 Å². The second-order valence-corrected chi connectivity index (χ2v) is 6.20. The van der Waals surface area contributed by atoms with Crippen LogP contribution in [0.1, 0.15) is 11.5 Å². The van der Waals surface area contributed by atoms with E-state index in [9.17, 15) is 0 Å². The largest absolute Gasteiger partial charge is 0.353 e. The number of hydrogen-bond acceptors (Lipinski definition) is 7. The molecule has 0 aliphatic carbocycles. The molecule has 4 rings (SSSR count). The third kappa shape index (κ3) is 3.66. The van der Waals surface area contributed by atoms with Crippen molar-refractivity contribution in [3.8, 4) is 11.4 Å². The first-order chi connectivity index (χ1) is 12.3. The molecule has 0 atom stereocenters. The van der Waals surface area contributed by atoms with Crippen LogP contribution >= 0.6 is 0 Å². The van der Waals surface area contributed by atoms with Gasteiger partial charge in [-0.05, 0) is 6.92 Å². The summed E-state index contributed by atoms with van der Waals surface area (Å²) in [5.74, 6) is 2.23. The SMILES string of the molecule is Cc1ccc(-c2noc(CN3CCN(c4cnccn4)CC3)n2)cc1. The van der Waals surface area contributed by atoms with Gasteiger partial charge in [-0.1, -0.05) is 35.0 Å². The third-order valence-electron chi connectivity index (χ3n) is 4.38. The topological polar surface area (TPSA) is 71.2 Å². The number of aryl methyl sites for hydroxylation is 1. The Morgan fingerprint density at radius 1 is 1.04 bits per heavy atom. The maximum Gasteiger partial charge on any atom is 0.241 e. The number of piperazine rings is 1. The summed E-state index contributed by atoms with van der Waals surface area (Å²) in [5.41, 5.74) is 2.20. The molecule has 1 fully saturated rings. The average molecular weight is 336 g/mol. The van der Waals surface area contributed by atoms with Gasteiger partial charge in [0.25, 0.3) is 0 Å². The molecule has 7 heteroatoms. The lowest BCUT2D eigenvalue weighted by molar-refractivity contribution is 0.215. The number of anilines is 1. The number of aromatic nitrogens is 4. The van der Waals surface area contributed by atoms with E-state index < -0.39 is 0 Å². The molecular weight excluding hydrogens is 316 g/mol. The molecule has 25 heavy (non-hydrogen) atoms. The van der Waals surface area contributed by atoms with Crippen molar-refractivity contribution in [2.24, 2.45) is 0 Å². The van der Waals surface area contributed by atoms with Crippen LogP contribution in [-0.2, 0) is 6.54 Å². The molecule has 0 spiro atoms. The minimum atomic E-state index is 0.646. The van der Waals surface area contributed by atoms with Gasteiger partial charge in [-0.25, -0.2) is 4.98 Å².